The summed E-state index contributed by atoms with van der Waals surface area (Å²) in [5, 5.41) is 6.22. The summed E-state index contributed by atoms with van der Waals surface area (Å²) >= 11 is 0. The quantitative estimate of drug-likeness (QED) is 0.652. The maximum atomic E-state index is 11.9. The lowest BCUT2D eigenvalue weighted by Crippen LogP contribution is -2.28. The Bertz CT molecular complexity index is 639. The first-order chi connectivity index (χ1) is 12.2. The highest BCUT2D eigenvalue weighted by atomic mass is 16.5. The van der Waals surface area contributed by atoms with Gasteiger partial charge in [0, 0.05) is 19.5 Å². The van der Waals surface area contributed by atoms with E-state index in [0.29, 0.717) is 19.5 Å². The van der Waals surface area contributed by atoms with Gasteiger partial charge in [0.1, 0.15) is 11.5 Å². The molecule has 0 aliphatic rings. The van der Waals surface area contributed by atoms with Gasteiger partial charge in [-0.1, -0.05) is 24.3 Å². The van der Waals surface area contributed by atoms with Crippen LogP contribution in [0, 0.1) is 0 Å². The highest BCUT2D eigenvalue weighted by Crippen LogP contribution is 2.12. The fourth-order valence-electron chi connectivity index (χ4n) is 2.38. The number of hydrogen-bond donors (Lipinski definition) is 2. The first kappa shape index (κ1) is 18.8. The lowest BCUT2D eigenvalue weighted by molar-refractivity contribution is -0.121. The normalized spacial score (nSPS) is 10.3. The van der Waals surface area contributed by atoms with E-state index >= 15 is 0 Å². The van der Waals surface area contributed by atoms with E-state index in [1.54, 1.807) is 14.2 Å². The minimum atomic E-state index is 0.0489. The van der Waals surface area contributed by atoms with Gasteiger partial charge in [0.05, 0.1) is 14.2 Å². The molecule has 5 heteroatoms. The topological polar surface area (TPSA) is 59.6 Å². The molecule has 0 aromatic heterocycles. The maximum absolute atomic E-state index is 11.9. The number of carbonyl (C=O) groups is 1. The fraction of sp³-hybridized carbons (Fsp3) is 0.350. The first-order valence-corrected chi connectivity index (χ1v) is 8.44. The smallest absolute Gasteiger partial charge is 0.221 e. The Labute approximate surface area is 149 Å². The van der Waals surface area contributed by atoms with Gasteiger partial charge in [0.25, 0.3) is 0 Å². The van der Waals surface area contributed by atoms with Crippen LogP contribution in [0.3, 0.4) is 0 Å². The standard InChI is InChI=1S/C20H26N2O3/c1-24-18-7-3-16(4-8-18)11-13-21-14-12-20(23)22-15-17-5-9-19(25-2)10-6-17/h3-10,21H,11-15H2,1-2H3,(H,22,23). The van der Waals surface area contributed by atoms with Gasteiger partial charge in [-0.05, 0) is 48.4 Å². The fourth-order valence-corrected chi connectivity index (χ4v) is 2.38. The van der Waals surface area contributed by atoms with Crippen molar-refractivity contribution in [2.24, 2.45) is 0 Å². The second kappa shape index (κ2) is 10.4. The molecule has 0 atom stereocenters. The molecule has 5 nitrogen and oxygen atoms in total. The Morgan fingerprint density at radius 2 is 1.40 bits per heavy atom. The third kappa shape index (κ3) is 6.85. The molecule has 2 aromatic carbocycles. The average molecular weight is 342 g/mol. The molecule has 0 radical (unpaired) electrons. The summed E-state index contributed by atoms with van der Waals surface area (Å²) in [7, 11) is 3.30. The molecular weight excluding hydrogens is 316 g/mol. The van der Waals surface area contributed by atoms with E-state index in [4.69, 9.17) is 9.47 Å². The van der Waals surface area contributed by atoms with E-state index in [1.165, 1.54) is 5.56 Å². The highest BCUT2D eigenvalue weighted by molar-refractivity contribution is 5.76. The van der Waals surface area contributed by atoms with Gasteiger partial charge in [0.15, 0.2) is 0 Å². The summed E-state index contributed by atoms with van der Waals surface area (Å²) in [6.45, 7) is 2.05. The molecule has 0 fully saturated rings. The van der Waals surface area contributed by atoms with Gasteiger partial charge >= 0.3 is 0 Å². The SMILES string of the molecule is COc1ccc(CCNCCC(=O)NCc2ccc(OC)cc2)cc1. The predicted molar refractivity (Wildman–Crippen MR) is 99.0 cm³/mol. The van der Waals surface area contributed by atoms with Gasteiger partial charge in [-0.25, -0.2) is 0 Å². The number of benzene rings is 2. The number of carbonyl (C=O) groups excluding carboxylic acids is 1. The second-order valence-corrected chi connectivity index (χ2v) is 5.72. The molecule has 134 valence electrons. The molecule has 0 unspecified atom stereocenters. The molecule has 25 heavy (non-hydrogen) atoms. The zero-order valence-corrected chi connectivity index (χ0v) is 14.9. The molecule has 2 aromatic rings. The van der Waals surface area contributed by atoms with E-state index < -0.39 is 0 Å². The van der Waals surface area contributed by atoms with Crippen molar-refractivity contribution in [1.82, 2.24) is 10.6 Å². The molecule has 0 spiro atoms. The Morgan fingerprint density at radius 3 is 1.96 bits per heavy atom. The van der Waals surface area contributed by atoms with Gasteiger partial charge < -0.3 is 20.1 Å². The molecule has 0 saturated carbocycles. The van der Waals surface area contributed by atoms with Crippen molar-refractivity contribution in [3.05, 3.63) is 59.7 Å². The molecule has 0 aliphatic carbocycles. The van der Waals surface area contributed by atoms with E-state index in [1.807, 2.05) is 36.4 Å². The van der Waals surface area contributed by atoms with Gasteiger partial charge in [-0.3, -0.25) is 4.79 Å². The van der Waals surface area contributed by atoms with Crippen molar-refractivity contribution < 1.29 is 14.3 Å². The lowest BCUT2D eigenvalue weighted by atomic mass is 10.1. The molecule has 2 N–H and O–H groups in total. The molecular formula is C20H26N2O3. The maximum Gasteiger partial charge on any atom is 0.221 e. The molecule has 2 rings (SSSR count). The zero-order chi connectivity index (χ0) is 17.9. The summed E-state index contributed by atoms with van der Waals surface area (Å²) in [6, 6.07) is 15.7. The largest absolute Gasteiger partial charge is 0.497 e. The minimum absolute atomic E-state index is 0.0489. The molecule has 0 aliphatic heterocycles. The minimum Gasteiger partial charge on any atom is -0.497 e. The monoisotopic (exact) mass is 342 g/mol. The Balaban J connectivity index is 1.56. The molecule has 1 amide bonds. The molecule has 0 bridgehead atoms. The number of nitrogens with one attached hydrogen (secondary N) is 2. The summed E-state index contributed by atoms with van der Waals surface area (Å²) in [5.41, 5.74) is 2.30. The van der Waals surface area contributed by atoms with E-state index in [9.17, 15) is 4.79 Å². The number of ether oxygens (including phenoxy) is 2. The number of hydrogen-bond acceptors (Lipinski definition) is 4. The summed E-state index contributed by atoms with van der Waals surface area (Å²) < 4.78 is 10.3. The van der Waals surface area contributed by atoms with E-state index in [2.05, 4.69) is 22.8 Å². The van der Waals surface area contributed by atoms with Crippen molar-refractivity contribution in [1.29, 1.82) is 0 Å². The van der Waals surface area contributed by atoms with Crippen LogP contribution in [0.2, 0.25) is 0 Å². The van der Waals surface area contributed by atoms with Crippen LogP contribution in [0.5, 0.6) is 11.5 Å². The first-order valence-electron chi connectivity index (χ1n) is 8.44. The summed E-state index contributed by atoms with van der Waals surface area (Å²) in [5.74, 6) is 1.73. The van der Waals surface area contributed by atoms with Crippen LogP contribution in [0.25, 0.3) is 0 Å². The Hall–Kier alpha value is -2.53. The second-order valence-electron chi connectivity index (χ2n) is 5.72. The van der Waals surface area contributed by atoms with Crippen molar-refractivity contribution in [3.63, 3.8) is 0 Å². The summed E-state index contributed by atoms with van der Waals surface area (Å²) in [4.78, 5) is 11.9. The van der Waals surface area contributed by atoms with Crippen LogP contribution in [0.4, 0.5) is 0 Å². The van der Waals surface area contributed by atoms with Crippen LogP contribution in [0.1, 0.15) is 17.5 Å². The number of amides is 1. The van der Waals surface area contributed by atoms with Gasteiger partial charge in [0.2, 0.25) is 5.91 Å². The van der Waals surface area contributed by atoms with Crippen LogP contribution in [0.15, 0.2) is 48.5 Å². The highest BCUT2D eigenvalue weighted by Gasteiger charge is 2.02. The van der Waals surface area contributed by atoms with Crippen LogP contribution >= 0.6 is 0 Å². The van der Waals surface area contributed by atoms with Crippen LogP contribution < -0.4 is 20.1 Å². The van der Waals surface area contributed by atoms with Crippen LogP contribution in [-0.2, 0) is 17.8 Å². The Morgan fingerprint density at radius 1 is 0.840 bits per heavy atom. The zero-order valence-electron chi connectivity index (χ0n) is 14.9. The van der Waals surface area contributed by atoms with E-state index in [0.717, 1.165) is 30.0 Å². The van der Waals surface area contributed by atoms with Crippen molar-refractivity contribution >= 4 is 5.91 Å². The van der Waals surface area contributed by atoms with Gasteiger partial charge in [-0.15, -0.1) is 0 Å². The third-order valence-corrected chi connectivity index (χ3v) is 3.93. The van der Waals surface area contributed by atoms with Crippen molar-refractivity contribution in [3.8, 4) is 11.5 Å². The Kier molecular flexibility index (Phi) is 7.79. The molecule has 0 heterocycles. The van der Waals surface area contributed by atoms with Crippen molar-refractivity contribution in [2.75, 3.05) is 27.3 Å². The number of methoxy groups -OCH3 is 2. The third-order valence-electron chi connectivity index (χ3n) is 3.93. The predicted octanol–water partition coefficient (Wildman–Crippen LogP) is 2.54. The van der Waals surface area contributed by atoms with Gasteiger partial charge in [-0.2, -0.15) is 0 Å². The number of rotatable bonds is 10. The van der Waals surface area contributed by atoms with E-state index in [-0.39, 0.29) is 5.91 Å². The van der Waals surface area contributed by atoms with Crippen LogP contribution in [-0.4, -0.2) is 33.2 Å². The lowest BCUT2D eigenvalue weighted by Gasteiger charge is -2.08. The van der Waals surface area contributed by atoms with Crippen molar-refractivity contribution in [2.45, 2.75) is 19.4 Å². The average Bonchev–Trinajstić information content (AvgIpc) is 2.67. The summed E-state index contributed by atoms with van der Waals surface area (Å²) in [6.07, 6.45) is 1.40. The molecule has 0 saturated heterocycles.